The molecule has 2 N–H and O–H groups in total. The number of piperazine rings is 1. The Kier molecular flexibility index (Phi) is 11.9. The summed E-state index contributed by atoms with van der Waals surface area (Å²) in [5, 5.41) is 25.9. The second-order valence-electron chi connectivity index (χ2n) is 14.6. The largest absolute Gasteiger partial charge is 0.507 e. The number of unbranched alkanes of at least 4 members (excludes halogenated alkanes) is 2. The molecule has 0 saturated carbocycles. The molecule has 1 amide bonds. The van der Waals surface area contributed by atoms with Gasteiger partial charge in [-0.3, -0.25) is 19.4 Å². The first-order valence-electron chi connectivity index (χ1n) is 18.3. The maximum absolute atomic E-state index is 13.4. The smallest absolute Gasteiger partial charge is 0.311 e. The normalized spacial score (nSPS) is 22.7. The maximum Gasteiger partial charge on any atom is 0.311 e. The number of carbonyl (C=O) groups is 2. The van der Waals surface area contributed by atoms with Crippen molar-refractivity contribution in [1.82, 2.24) is 15.1 Å². The van der Waals surface area contributed by atoms with Crippen LogP contribution in [-0.4, -0.2) is 65.3 Å². The Balaban J connectivity index is 0.00000464. The quantitative estimate of drug-likeness (QED) is 0.142. The molecule has 0 aromatic heterocycles. The number of aromatic hydroxyl groups is 1. The van der Waals surface area contributed by atoms with Gasteiger partial charge >= 0.3 is 5.97 Å². The van der Waals surface area contributed by atoms with Crippen molar-refractivity contribution in [3.63, 3.8) is 0 Å². The summed E-state index contributed by atoms with van der Waals surface area (Å²) in [5.41, 5.74) is 7.22. The predicted molar refractivity (Wildman–Crippen MR) is 192 cm³/mol. The number of ether oxygens (including phenoxy) is 3. The van der Waals surface area contributed by atoms with Crippen molar-refractivity contribution in [2.75, 3.05) is 20.4 Å². The van der Waals surface area contributed by atoms with E-state index in [9.17, 15) is 20.0 Å². The molecule has 52 heavy (non-hydrogen) atoms. The second kappa shape index (κ2) is 16.1. The van der Waals surface area contributed by atoms with Crippen LogP contribution in [0.4, 0.5) is 0 Å². The molecule has 2 bridgehead atoms. The fraction of sp³-hybridized carbons (Fsp3) is 0.488. The average molecular weight is 920 g/mol. The summed E-state index contributed by atoms with van der Waals surface area (Å²) < 4.78 is 18.3. The van der Waals surface area contributed by atoms with Crippen molar-refractivity contribution in [2.24, 2.45) is 0 Å². The van der Waals surface area contributed by atoms with Crippen molar-refractivity contribution in [3.05, 3.63) is 80.9 Å². The Morgan fingerprint density at radius 3 is 2.50 bits per heavy atom. The number of nitrogens with one attached hydrogen (secondary N) is 1. The van der Waals surface area contributed by atoms with E-state index in [4.69, 9.17) is 14.2 Å². The van der Waals surface area contributed by atoms with Gasteiger partial charge in [0.15, 0.2) is 11.5 Å². The molecule has 0 aliphatic carbocycles. The van der Waals surface area contributed by atoms with Gasteiger partial charge in [0, 0.05) is 97.8 Å². The van der Waals surface area contributed by atoms with E-state index in [1.165, 1.54) is 0 Å². The summed E-state index contributed by atoms with van der Waals surface area (Å²) in [7, 11) is 2.06. The Morgan fingerprint density at radius 2 is 1.77 bits per heavy atom. The van der Waals surface area contributed by atoms with E-state index < -0.39 is 12.1 Å². The van der Waals surface area contributed by atoms with Crippen LogP contribution in [0.2, 0.25) is 0 Å². The zero-order valence-corrected chi connectivity index (χ0v) is 35.6. The number of phenolic OH excluding ortho intramolecular Hbond substituents is 1. The Morgan fingerprint density at radius 1 is 1.02 bits per heavy atom. The fourth-order valence-electron chi connectivity index (χ4n) is 8.90. The summed E-state index contributed by atoms with van der Waals surface area (Å²) >= 11 is 0. The zero-order chi connectivity index (χ0) is 36.0. The third-order valence-corrected chi connectivity index (χ3v) is 11.6. The Hall–Kier alpha value is -3.15. The molecule has 10 nitrogen and oxygen atoms in total. The van der Waals surface area contributed by atoms with E-state index >= 15 is 0 Å². The van der Waals surface area contributed by atoms with Gasteiger partial charge in [-0.25, -0.2) is 0 Å². The van der Waals surface area contributed by atoms with Gasteiger partial charge in [-0.1, -0.05) is 56.2 Å². The van der Waals surface area contributed by atoms with E-state index in [-0.39, 0.29) is 93.2 Å². The summed E-state index contributed by atoms with van der Waals surface area (Å²) in [5.74, 6) is 1.49. The van der Waals surface area contributed by atoms with Gasteiger partial charge in [-0.2, -0.15) is 5.26 Å². The predicted octanol–water partition coefficient (Wildman–Crippen LogP) is 6.05. The van der Waals surface area contributed by atoms with Crippen molar-refractivity contribution in [1.29, 1.82) is 5.26 Å². The number of hydrogen-bond donors (Lipinski definition) is 2. The number of fused-ring (bicyclic) bond motifs is 9. The minimum absolute atomic E-state index is 0. The molecule has 7 rings (SSSR count). The summed E-state index contributed by atoms with van der Waals surface area (Å²) in [6.07, 6.45) is 5.06. The van der Waals surface area contributed by atoms with Crippen molar-refractivity contribution >= 4 is 11.9 Å². The number of amides is 1. The number of hydrogen-bond acceptors (Lipinski definition) is 9. The maximum atomic E-state index is 13.4. The van der Waals surface area contributed by atoms with Gasteiger partial charge < -0.3 is 24.6 Å². The van der Waals surface area contributed by atoms with Crippen molar-refractivity contribution in [2.45, 2.75) is 109 Å². The molecule has 1 fully saturated rings. The third-order valence-electron chi connectivity index (χ3n) is 11.6. The van der Waals surface area contributed by atoms with Gasteiger partial charge in [-0.15, -0.1) is 0 Å². The van der Waals surface area contributed by atoms with Gasteiger partial charge in [-0.05, 0) is 75.8 Å². The molecule has 1 saturated heterocycles. The number of phenols is 1. The van der Waals surface area contributed by atoms with E-state index in [2.05, 4.69) is 41.2 Å². The van der Waals surface area contributed by atoms with Crippen LogP contribution in [0.15, 0.2) is 36.4 Å². The van der Waals surface area contributed by atoms with E-state index in [1.54, 1.807) is 0 Å². The summed E-state index contributed by atoms with van der Waals surface area (Å²) in [6.45, 7) is 8.24. The topological polar surface area (TPSA) is 124 Å². The van der Waals surface area contributed by atoms with Crippen LogP contribution in [-0.2, 0) is 28.9 Å². The average Bonchev–Trinajstić information content (AvgIpc) is 3.62. The number of likely N-dealkylation sites (N-methyl/N-ethyl adjacent to an activating group) is 1. The zero-order valence-electron chi connectivity index (χ0n) is 30.8. The molecule has 4 aliphatic heterocycles. The number of nitrogens with zero attached hydrogens (tertiary/aromatic N) is 3. The number of carbonyl (C=O) groups excluding carboxylic acids is 2. The molecule has 0 spiro atoms. The van der Waals surface area contributed by atoms with E-state index in [0.717, 1.165) is 58.2 Å². The van der Waals surface area contributed by atoms with Crippen molar-refractivity contribution < 1.29 is 73.0 Å². The number of benzene rings is 3. The van der Waals surface area contributed by atoms with Gasteiger partial charge in [0.2, 0.25) is 12.7 Å². The molecule has 4 aliphatic rings. The molecule has 4 heterocycles. The Bertz CT molecular complexity index is 1890. The van der Waals surface area contributed by atoms with Crippen LogP contribution in [0.5, 0.6) is 23.0 Å². The molecule has 1 unspecified atom stereocenters. The SMILES string of the molecule is CCCCCC(=O)Oc1c(C)c(C)cc2c1[C@H]1C3Cc4c(O)c(C)c5c(c4[C@H](CNC(=O)CCc4ccccc4)N3[C@@H](C#N)[C@H](C2)N1C)OCO5.[Ac]. The van der Waals surface area contributed by atoms with Gasteiger partial charge in [0.1, 0.15) is 17.5 Å². The third kappa shape index (κ3) is 6.86. The molecular weight excluding hydrogens is 871 g/mol. The number of rotatable bonds is 10. The minimum Gasteiger partial charge on any atom is -0.507 e. The first-order chi connectivity index (χ1) is 24.6. The fourth-order valence-corrected chi connectivity index (χ4v) is 8.90. The molecular formula is C41H48AcN4O6. The van der Waals surface area contributed by atoms with Crippen LogP contribution in [0.3, 0.4) is 0 Å². The van der Waals surface area contributed by atoms with Gasteiger partial charge in [0.25, 0.3) is 0 Å². The second-order valence-corrected chi connectivity index (χ2v) is 14.6. The van der Waals surface area contributed by atoms with Crippen LogP contribution in [0.25, 0.3) is 0 Å². The van der Waals surface area contributed by atoms with E-state index in [1.807, 2.05) is 51.1 Å². The molecule has 1 radical (unpaired) electrons. The van der Waals surface area contributed by atoms with Crippen LogP contribution in [0.1, 0.15) is 95.6 Å². The Labute approximate surface area is 342 Å². The summed E-state index contributed by atoms with van der Waals surface area (Å²) in [4.78, 5) is 31.2. The minimum atomic E-state index is -0.535. The van der Waals surface area contributed by atoms with Crippen molar-refractivity contribution in [3.8, 4) is 29.1 Å². The number of aryl methyl sites for hydroxylation is 2. The monoisotopic (exact) mass is 919 g/mol. The molecule has 3 aromatic rings. The molecule has 271 valence electrons. The number of nitriles is 1. The first-order valence-corrected chi connectivity index (χ1v) is 18.3. The van der Waals surface area contributed by atoms with Crippen LogP contribution < -0.4 is 19.5 Å². The van der Waals surface area contributed by atoms with Crippen LogP contribution in [0, 0.1) is 76.2 Å². The molecule has 11 heteroatoms. The summed E-state index contributed by atoms with van der Waals surface area (Å²) in [6, 6.07) is 13.0. The van der Waals surface area contributed by atoms with E-state index in [0.29, 0.717) is 54.9 Å². The van der Waals surface area contributed by atoms with Gasteiger partial charge in [0.05, 0.1) is 18.2 Å². The molecule has 3 aromatic carbocycles. The number of esters is 1. The van der Waals surface area contributed by atoms with Crippen LogP contribution >= 0.6 is 0 Å². The first kappa shape index (κ1) is 38.6. The standard InChI is InChI=1S/C41H48N4O6.Ac/c1-6-7-9-14-34(47)51-39-24(3)23(2)17-27-18-29-31(20-42)45-30(37(35(27)39)44(29)5)19-28-36(41-40(49-22-50-41)25(4)38(28)48)32(45)21-43-33(46)16-15-26-12-10-8-11-13-26;/h8,10-13,17,29-32,37,48H,6-7,9,14-16,18-19,21-22H2,1-5H3,(H,43,46);/t29-,30?,31-,32-,37+;/m0./s1. The molecule has 5 atom stereocenters.